The van der Waals surface area contributed by atoms with E-state index >= 15 is 0 Å². The van der Waals surface area contributed by atoms with Gasteiger partial charge in [0.05, 0.1) is 23.2 Å². The van der Waals surface area contributed by atoms with Gasteiger partial charge in [0.25, 0.3) is 11.5 Å². The third-order valence-corrected chi connectivity index (χ3v) is 6.70. The molecule has 1 fully saturated rings. The molecular weight excluding hydrogens is 416 g/mol. The molecule has 0 spiro atoms. The minimum atomic E-state index is -0.234. The average Bonchev–Trinajstić information content (AvgIpc) is 3.12. The number of rotatable bonds is 5. The van der Waals surface area contributed by atoms with Gasteiger partial charge in [0.1, 0.15) is 10.6 Å². The number of carbonyl (C=O) groups excluding carboxylic acids is 2. The number of aromatic nitrogens is 2. The number of amides is 2. The molecule has 0 unspecified atom stereocenters. The van der Waals surface area contributed by atoms with Crippen LogP contribution in [0.5, 0.6) is 5.75 Å². The van der Waals surface area contributed by atoms with Gasteiger partial charge >= 0.3 is 0 Å². The molecule has 0 radical (unpaired) electrons. The number of fused-ring (bicyclic) bond motifs is 1. The molecule has 31 heavy (non-hydrogen) atoms. The zero-order valence-corrected chi connectivity index (χ0v) is 18.3. The van der Waals surface area contributed by atoms with Gasteiger partial charge in [-0.2, -0.15) is 0 Å². The molecule has 162 valence electrons. The van der Waals surface area contributed by atoms with E-state index in [1.807, 2.05) is 31.2 Å². The highest BCUT2D eigenvalue weighted by atomic mass is 32.1. The van der Waals surface area contributed by atoms with E-state index in [1.54, 1.807) is 11.8 Å². The first-order valence-corrected chi connectivity index (χ1v) is 11.1. The summed E-state index contributed by atoms with van der Waals surface area (Å²) in [6, 6.07) is 7.30. The van der Waals surface area contributed by atoms with Gasteiger partial charge in [-0.1, -0.05) is 0 Å². The Morgan fingerprint density at radius 2 is 1.97 bits per heavy atom. The molecule has 3 heterocycles. The summed E-state index contributed by atoms with van der Waals surface area (Å²) in [6.45, 7) is 5.29. The Bertz CT molecular complexity index is 1160. The summed E-state index contributed by atoms with van der Waals surface area (Å²) in [6.07, 6.45) is 2.54. The Balaban J connectivity index is 1.37. The number of thiophene rings is 1. The van der Waals surface area contributed by atoms with Gasteiger partial charge in [-0.15, -0.1) is 11.3 Å². The number of aromatic amines is 1. The van der Waals surface area contributed by atoms with Gasteiger partial charge in [-0.25, -0.2) is 4.98 Å². The first kappa shape index (κ1) is 21.0. The maximum Gasteiger partial charge on any atom is 0.264 e. The third-order valence-electron chi connectivity index (χ3n) is 5.51. The van der Waals surface area contributed by atoms with E-state index in [1.165, 1.54) is 17.7 Å². The molecule has 0 bridgehead atoms. The van der Waals surface area contributed by atoms with E-state index < -0.39 is 0 Å². The van der Waals surface area contributed by atoms with E-state index in [2.05, 4.69) is 15.3 Å². The van der Waals surface area contributed by atoms with Crippen LogP contribution in [-0.2, 0) is 4.79 Å². The fourth-order valence-electron chi connectivity index (χ4n) is 3.82. The molecule has 4 rings (SSSR count). The minimum absolute atomic E-state index is 0.0370. The lowest BCUT2D eigenvalue weighted by molar-refractivity contribution is -0.121. The summed E-state index contributed by atoms with van der Waals surface area (Å²) in [4.78, 5) is 47.3. The molecule has 3 aromatic rings. The van der Waals surface area contributed by atoms with Crippen molar-refractivity contribution in [3.05, 3.63) is 51.4 Å². The standard InChI is InChI=1S/C22H24N4O4S/c1-3-30-16-6-4-15(5-7-16)25-19(27)14-8-10-26(11-9-14)22(29)18-13(2)17-20(28)23-12-24-21(17)31-18/h4-7,12,14H,3,8-11H2,1-2H3,(H,25,27)(H,23,24,28). The Kier molecular flexibility index (Phi) is 6.03. The number of hydrogen-bond donors (Lipinski definition) is 2. The fraction of sp³-hybridized carbons (Fsp3) is 0.364. The number of hydrogen-bond acceptors (Lipinski definition) is 6. The van der Waals surface area contributed by atoms with Crippen LogP contribution in [0.4, 0.5) is 5.69 Å². The molecule has 2 amide bonds. The Labute approximate surface area is 183 Å². The largest absolute Gasteiger partial charge is 0.494 e. The highest BCUT2D eigenvalue weighted by molar-refractivity contribution is 7.20. The van der Waals surface area contributed by atoms with Crippen molar-refractivity contribution in [1.29, 1.82) is 0 Å². The van der Waals surface area contributed by atoms with Gasteiger partial charge in [0.15, 0.2) is 0 Å². The van der Waals surface area contributed by atoms with Crippen LogP contribution in [-0.4, -0.2) is 46.4 Å². The number of likely N-dealkylation sites (tertiary alicyclic amines) is 1. The molecule has 0 atom stereocenters. The lowest BCUT2D eigenvalue weighted by Crippen LogP contribution is -2.41. The number of benzene rings is 1. The summed E-state index contributed by atoms with van der Waals surface area (Å²) in [5.74, 6) is 0.472. The van der Waals surface area contributed by atoms with Crippen molar-refractivity contribution in [3.63, 3.8) is 0 Å². The topological polar surface area (TPSA) is 104 Å². The highest BCUT2D eigenvalue weighted by Gasteiger charge is 2.30. The molecule has 0 saturated carbocycles. The fourth-order valence-corrected chi connectivity index (χ4v) is 4.93. The number of anilines is 1. The zero-order chi connectivity index (χ0) is 22.0. The number of carbonyl (C=O) groups is 2. The van der Waals surface area contributed by atoms with Crippen LogP contribution in [0.15, 0.2) is 35.4 Å². The number of ether oxygens (including phenoxy) is 1. The van der Waals surface area contributed by atoms with Crippen LogP contribution >= 0.6 is 11.3 Å². The molecule has 0 aliphatic carbocycles. The van der Waals surface area contributed by atoms with Crippen LogP contribution in [0.3, 0.4) is 0 Å². The number of nitrogens with zero attached hydrogens (tertiary/aromatic N) is 2. The van der Waals surface area contributed by atoms with Gasteiger partial charge in [0.2, 0.25) is 5.91 Å². The number of nitrogens with one attached hydrogen (secondary N) is 2. The van der Waals surface area contributed by atoms with Gasteiger partial charge in [-0.05, 0) is 56.5 Å². The number of aryl methyl sites for hydroxylation is 1. The molecule has 1 aromatic carbocycles. The first-order chi connectivity index (χ1) is 15.0. The summed E-state index contributed by atoms with van der Waals surface area (Å²) < 4.78 is 5.41. The summed E-state index contributed by atoms with van der Waals surface area (Å²) >= 11 is 1.24. The van der Waals surface area contributed by atoms with Crippen molar-refractivity contribution in [2.45, 2.75) is 26.7 Å². The molecule has 2 N–H and O–H groups in total. The predicted molar refractivity (Wildman–Crippen MR) is 120 cm³/mol. The zero-order valence-electron chi connectivity index (χ0n) is 17.4. The summed E-state index contributed by atoms with van der Waals surface area (Å²) in [7, 11) is 0. The predicted octanol–water partition coefficient (Wildman–Crippen LogP) is 3.18. The average molecular weight is 441 g/mol. The molecule has 2 aromatic heterocycles. The molecule has 1 aliphatic heterocycles. The maximum atomic E-state index is 13.0. The lowest BCUT2D eigenvalue weighted by Gasteiger charge is -2.31. The van der Waals surface area contributed by atoms with Crippen molar-refractivity contribution < 1.29 is 14.3 Å². The van der Waals surface area contributed by atoms with E-state index in [-0.39, 0.29) is 23.3 Å². The smallest absolute Gasteiger partial charge is 0.264 e. The minimum Gasteiger partial charge on any atom is -0.494 e. The monoisotopic (exact) mass is 440 g/mol. The quantitative estimate of drug-likeness (QED) is 0.634. The second-order valence-corrected chi connectivity index (χ2v) is 8.48. The van der Waals surface area contributed by atoms with Gasteiger partial charge < -0.3 is 19.9 Å². The lowest BCUT2D eigenvalue weighted by atomic mass is 9.95. The Hall–Kier alpha value is -3.20. The number of H-pyrrole nitrogens is 1. The van der Waals surface area contributed by atoms with E-state index in [0.29, 0.717) is 53.2 Å². The van der Waals surface area contributed by atoms with Crippen molar-refractivity contribution in [2.24, 2.45) is 5.92 Å². The summed E-state index contributed by atoms with van der Waals surface area (Å²) in [5, 5.41) is 3.42. The van der Waals surface area contributed by atoms with Crippen LogP contribution < -0.4 is 15.6 Å². The normalized spacial score (nSPS) is 14.6. The SMILES string of the molecule is CCOc1ccc(NC(=O)C2CCN(C(=O)c3sc4nc[nH]c(=O)c4c3C)CC2)cc1. The van der Waals surface area contributed by atoms with E-state index in [4.69, 9.17) is 4.74 Å². The van der Waals surface area contributed by atoms with Crippen molar-refractivity contribution in [1.82, 2.24) is 14.9 Å². The Morgan fingerprint density at radius 1 is 1.26 bits per heavy atom. The first-order valence-electron chi connectivity index (χ1n) is 10.3. The van der Waals surface area contributed by atoms with E-state index in [9.17, 15) is 14.4 Å². The van der Waals surface area contributed by atoms with Crippen molar-refractivity contribution in [3.8, 4) is 5.75 Å². The maximum absolute atomic E-state index is 13.0. The molecule has 9 heteroatoms. The second kappa shape index (κ2) is 8.89. The van der Waals surface area contributed by atoms with Crippen LogP contribution in [0.2, 0.25) is 0 Å². The number of piperidine rings is 1. The van der Waals surface area contributed by atoms with Crippen molar-refractivity contribution >= 4 is 39.1 Å². The van der Waals surface area contributed by atoms with E-state index in [0.717, 1.165) is 11.4 Å². The molecule has 1 aliphatic rings. The van der Waals surface area contributed by atoms with Crippen LogP contribution in [0.1, 0.15) is 35.0 Å². The van der Waals surface area contributed by atoms with Gasteiger partial charge in [0, 0.05) is 24.7 Å². The third kappa shape index (κ3) is 4.32. The van der Waals surface area contributed by atoms with Crippen molar-refractivity contribution in [2.75, 3.05) is 25.0 Å². The van der Waals surface area contributed by atoms with Crippen LogP contribution in [0, 0.1) is 12.8 Å². The molecule has 1 saturated heterocycles. The molecular formula is C22H24N4O4S. The van der Waals surface area contributed by atoms with Gasteiger partial charge in [-0.3, -0.25) is 14.4 Å². The molecule has 8 nitrogen and oxygen atoms in total. The van der Waals surface area contributed by atoms with Crippen LogP contribution in [0.25, 0.3) is 10.2 Å². The Morgan fingerprint density at radius 3 is 2.61 bits per heavy atom. The summed E-state index contributed by atoms with van der Waals surface area (Å²) in [5.41, 5.74) is 1.16. The second-order valence-electron chi connectivity index (χ2n) is 7.48. The highest BCUT2D eigenvalue weighted by Crippen LogP contribution is 2.29.